The summed E-state index contributed by atoms with van der Waals surface area (Å²) in [5, 5.41) is 5.86. The Labute approximate surface area is 205 Å². The van der Waals surface area contributed by atoms with Gasteiger partial charge >= 0.3 is 6.03 Å². The zero-order valence-corrected chi connectivity index (χ0v) is 20.4. The largest absolute Gasteiger partial charge is 0.495 e. The molecule has 5 rings (SSSR count). The van der Waals surface area contributed by atoms with E-state index in [0.717, 1.165) is 51.1 Å². The van der Waals surface area contributed by atoms with Crippen LogP contribution in [0.4, 0.5) is 16.2 Å². The van der Waals surface area contributed by atoms with Gasteiger partial charge in [-0.05, 0) is 24.6 Å². The quantitative estimate of drug-likeness (QED) is 0.618. The van der Waals surface area contributed by atoms with Gasteiger partial charge in [-0.15, -0.1) is 0 Å². The molecule has 1 unspecified atom stereocenters. The highest BCUT2D eigenvalue weighted by atomic mass is 16.5. The van der Waals surface area contributed by atoms with Crippen molar-refractivity contribution in [2.24, 2.45) is 5.92 Å². The molecule has 0 spiro atoms. The molecule has 3 atom stereocenters. The lowest BCUT2D eigenvalue weighted by atomic mass is 9.81. The number of nitrogens with zero attached hydrogens (tertiary/aromatic N) is 2. The van der Waals surface area contributed by atoms with E-state index in [1.807, 2.05) is 21.6 Å². The molecule has 4 heterocycles. The molecule has 2 bridgehead atoms. The highest BCUT2D eigenvalue weighted by Crippen LogP contribution is 2.35. The van der Waals surface area contributed by atoms with E-state index in [1.165, 1.54) is 0 Å². The first-order chi connectivity index (χ1) is 16.9. The molecule has 0 aliphatic carbocycles. The molecule has 1 aromatic carbocycles. The second-order valence-corrected chi connectivity index (χ2v) is 10.0. The number of methoxy groups -OCH3 is 1. The molecule has 2 aromatic rings. The van der Waals surface area contributed by atoms with Crippen LogP contribution in [-0.4, -0.2) is 60.7 Å². The fraction of sp³-hybridized carbons (Fsp3) is 0.500. The van der Waals surface area contributed by atoms with Gasteiger partial charge in [0, 0.05) is 51.4 Å². The van der Waals surface area contributed by atoms with Gasteiger partial charge in [-0.3, -0.25) is 9.59 Å². The van der Waals surface area contributed by atoms with Crippen molar-refractivity contribution in [2.45, 2.75) is 44.7 Å². The minimum atomic E-state index is -0.366. The lowest BCUT2D eigenvalue weighted by Crippen LogP contribution is -3.18. The molecule has 0 saturated carbocycles. The average molecular weight is 481 g/mol. The van der Waals surface area contributed by atoms with Crippen molar-refractivity contribution >= 4 is 23.3 Å². The van der Waals surface area contributed by atoms with E-state index in [0.29, 0.717) is 35.6 Å². The first-order valence-electron chi connectivity index (χ1n) is 12.5. The molecule has 3 N–H and O–H groups in total. The summed E-state index contributed by atoms with van der Waals surface area (Å²) in [6.45, 7) is 5.97. The molecule has 2 fully saturated rings. The zero-order chi connectivity index (χ0) is 24.5. The summed E-state index contributed by atoms with van der Waals surface area (Å²) in [7, 11) is 1.57. The van der Waals surface area contributed by atoms with Gasteiger partial charge in [-0.1, -0.05) is 12.1 Å². The number of para-hydroxylation sites is 2. The fourth-order valence-electron chi connectivity index (χ4n) is 6.23. The van der Waals surface area contributed by atoms with E-state index < -0.39 is 0 Å². The summed E-state index contributed by atoms with van der Waals surface area (Å²) in [5.41, 5.74) is 2.19. The minimum absolute atomic E-state index is 0.0106. The van der Waals surface area contributed by atoms with E-state index >= 15 is 0 Å². The van der Waals surface area contributed by atoms with Gasteiger partial charge in [0.15, 0.2) is 0 Å². The number of anilines is 2. The van der Waals surface area contributed by atoms with Crippen molar-refractivity contribution in [1.82, 2.24) is 9.47 Å². The monoisotopic (exact) mass is 480 g/mol. The molecule has 1 aromatic heterocycles. The van der Waals surface area contributed by atoms with Gasteiger partial charge in [-0.25, -0.2) is 4.79 Å². The SMILES string of the molecule is COc1ccccc1NC(=O)Nc1ccc(=O)n2c1[C@@H]1C[C@H](C2)C[NH+](C2CCN(C(C)=O)CC2)C1. The Kier molecular flexibility index (Phi) is 6.51. The van der Waals surface area contributed by atoms with E-state index in [4.69, 9.17) is 4.74 Å². The van der Waals surface area contributed by atoms with Gasteiger partial charge in [0.05, 0.1) is 49.2 Å². The minimum Gasteiger partial charge on any atom is -0.495 e. The Bertz CT molecular complexity index is 1170. The van der Waals surface area contributed by atoms with Crippen molar-refractivity contribution < 1.29 is 19.2 Å². The summed E-state index contributed by atoms with van der Waals surface area (Å²) < 4.78 is 7.20. The summed E-state index contributed by atoms with van der Waals surface area (Å²) in [4.78, 5) is 40.9. The number of quaternary nitrogens is 1. The predicted molar refractivity (Wildman–Crippen MR) is 133 cm³/mol. The number of piperidine rings is 2. The molecule has 3 aliphatic heterocycles. The van der Waals surface area contributed by atoms with Crippen LogP contribution in [0.5, 0.6) is 5.75 Å². The van der Waals surface area contributed by atoms with Crippen LogP contribution in [0.2, 0.25) is 0 Å². The number of benzene rings is 1. The number of amides is 3. The lowest BCUT2D eigenvalue weighted by Gasteiger charge is -2.45. The number of rotatable bonds is 4. The first kappa shape index (κ1) is 23.4. The highest BCUT2D eigenvalue weighted by molar-refractivity contribution is 6.01. The second kappa shape index (κ2) is 9.73. The number of carbonyl (C=O) groups is 2. The third-order valence-electron chi connectivity index (χ3n) is 7.85. The Morgan fingerprint density at radius 1 is 1.03 bits per heavy atom. The molecule has 186 valence electrons. The van der Waals surface area contributed by atoms with Crippen LogP contribution in [0.15, 0.2) is 41.2 Å². The Morgan fingerprint density at radius 3 is 2.51 bits per heavy atom. The van der Waals surface area contributed by atoms with Crippen molar-refractivity contribution in [2.75, 3.05) is 43.9 Å². The molecule has 3 amide bonds. The molecule has 0 radical (unpaired) electrons. The Morgan fingerprint density at radius 2 is 1.77 bits per heavy atom. The molecule has 35 heavy (non-hydrogen) atoms. The van der Waals surface area contributed by atoms with Crippen LogP contribution < -0.4 is 25.8 Å². The van der Waals surface area contributed by atoms with Crippen LogP contribution in [0, 0.1) is 5.92 Å². The number of likely N-dealkylation sites (tertiary alicyclic amines) is 2. The number of hydrogen-bond acceptors (Lipinski definition) is 4. The molecule has 9 heteroatoms. The van der Waals surface area contributed by atoms with E-state index in [-0.39, 0.29) is 23.4 Å². The van der Waals surface area contributed by atoms with Crippen molar-refractivity contribution in [3.05, 3.63) is 52.4 Å². The van der Waals surface area contributed by atoms with Crippen LogP contribution in [0.25, 0.3) is 0 Å². The predicted octanol–water partition coefficient (Wildman–Crippen LogP) is 1.51. The van der Waals surface area contributed by atoms with Crippen LogP contribution >= 0.6 is 0 Å². The molecular formula is C26H34N5O4+. The second-order valence-electron chi connectivity index (χ2n) is 10.0. The van der Waals surface area contributed by atoms with Crippen molar-refractivity contribution in [3.63, 3.8) is 0 Å². The fourth-order valence-corrected chi connectivity index (χ4v) is 6.23. The third kappa shape index (κ3) is 4.77. The average Bonchev–Trinajstić information content (AvgIpc) is 2.86. The standard InChI is InChI=1S/C26H33N5O4/c1-17(32)29-11-9-20(10-12-29)30-14-18-13-19(16-30)25-22(7-8-24(33)31(25)15-18)28-26(34)27-21-5-3-4-6-23(21)35-2/h3-8,18-20H,9-16H2,1-2H3,(H2,27,28,34)/p+1/t18-,19+/m0/s1. The Balaban J connectivity index is 1.34. The number of carbonyl (C=O) groups excluding carboxylic acids is 2. The summed E-state index contributed by atoms with van der Waals surface area (Å²) in [6, 6.07) is 10.7. The number of ether oxygens (including phenoxy) is 1. The van der Waals surface area contributed by atoms with Gasteiger partial charge in [-0.2, -0.15) is 0 Å². The molecule has 2 saturated heterocycles. The third-order valence-corrected chi connectivity index (χ3v) is 7.85. The first-order valence-corrected chi connectivity index (χ1v) is 12.5. The van der Waals surface area contributed by atoms with Gasteiger partial charge in [0.1, 0.15) is 5.75 Å². The maximum absolute atomic E-state index is 12.9. The van der Waals surface area contributed by atoms with Gasteiger partial charge in [0.2, 0.25) is 5.91 Å². The zero-order valence-electron chi connectivity index (χ0n) is 20.4. The number of aromatic nitrogens is 1. The maximum atomic E-state index is 12.9. The molecule has 3 aliphatic rings. The van der Waals surface area contributed by atoms with Crippen molar-refractivity contribution in [3.8, 4) is 5.75 Å². The Hall–Kier alpha value is -3.33. The van der Waals surface area contributed by atoms with Crippen molar-refractivity contribution in [1.29, 1.82) is 0 Å². The van der Waals surface area contributed by atoms with Crippen LogP contribution in [-0.2, 0) is 11.3 Å². The number of fused-ring (bicyclic) bond motifs is 4. The van der Waals surface area contributed by atoms with E-state index in [9.17, 15) is 14.4 Å². The van der Waals surface area contributed by atoms with E-state index in [2.05, 4.69) is 10.6 Å². The number of pyridine rings is 1. The highest BCUT2D eigenvalue weighted by Gasteiger charge is 2.42. The molecular weight excluding hydrogens is 446 g/mol. The summed E-state index contributed by atoms with van der Waals surface area (Å²) in [6.07, 6.45) is 3.06. The van der Waals surface area contributed by atoms with Crippen LogP contribution in [0.3, 0.4) is 0 Å². The summed E-state index contributed by atoms with van der Waals surface area (Å²) in [5.74, 6) is 1.39. The summed E-state index contributed by atoms with van der Waals surface area (Å²) >= 11 is 0. The van der Waals surface area contributed by atoms with Gasteiger partial charge in [0.25, 0.3) is 5.56 Å². The lowest BCUT2D eigenvalue weighted by molar-refractivity contribution is -0.937. The number of urea groups is 1. The number of hydrogen-bond donors (Lipinski definition) is 3. The number of nitrogens with one attached hydrogen (secondary N) is 3. The maximum Gasteiger partial charge on any atom is 0.323 e. The topological polar surface area (TPSA) is 97.1 Å². The smallest absolute Gasteiger partial charge is 0.323 e. The van der Waals surface area contributed by atoms with Gasteiger partial charge < -0.3 is 29.7 Å². The molecule has 9 nitrogen and oxygen atoms in total. The van der Waals surface area contributed by atoms with E-state index in [1.54, 1.807) is 43.2 Å². The van der Waals surface area contributed by atoms with Crippen LogP contribution in [0.1, 0.15) is 37.8 Å². The normalized spacial score (nSPS) is 23.8.